The van der Waals surface area contributed by atoms with Crippen LogP contribution in [0.15, 0.2) is 0 Å². The normalized spacial score (nSPS) is 0. The van der Waals surface area contributed by atoms with E-state index in [9.17, 15) is 0 Å². The number of nitrogens with two attached hydrogens (primary N) is 4. The Morgan fingerprint density at radius 3 is 0.188 bits per heavy atom. The van der Waals surface area contributed by atoms with Gasteiger partial charge in [0.2, 0.25) is 0 Å². The summed E-state index contributed by atoms with van der Waals surface area (Å²) >= 11 is 0. The summed E-state index contributed by atoms with van der Waals surface area (Å²) in [5.41, 5.74) is 0. The van der Waals surface area contributed by atoms with Crippen molar-refractivity contribution < 1.29 is 86.9 Å². The molecule has 4 nitrogen and oxygen atoms in total. The molecule has 0 amide bonds. The van der Waals surface area contributed by atoms with Crippen LogP contribution in [0.25, 0.3) is 24.6 Å². The fraction of sp³-hybridized carbons (Fsp3) is 0. The van der Waals surface area contributed by atoms with Gasteiger partial charge in [-0.05, 0) is 0 Å². The van der Waals surface area contributed by atoms with Gasteiger partial charge in [0, 0.05) is 0 Å². The summed E-state index contributed by atoms with van der Waals surface area (Å²) in [6.45, 7) is 0. The SMILES string of the molecule is [CH3-].[CH3-].[CH3-].[CH3-].[CH3-].[CH3-].[CH3-].[CH3-].[NH2-].[NH2-].[NH2-].[NH2-].[Ti+3].[Ti+3].[Ti+3].[Ti+3]. The molecule has 0 saturated carbocycles. The number of hydrogen-bond acceptors (Lipinski definition) is 0. The van der Waals surface area contributed by atoms with Gasteiger partial charge < -0.3 is 84.0 Å². The molecule has 8 heteroatoms. The third-order valence-electron chi connectivity index (χ3n) is 0. The summed E-state index contributed by atoms with van der Waals surface area (Å²) < 4.78 is 0. The van der Waals surface area contributed by atoms with Gasteiger partial charge in [-0.15, -0.1) is 0 Å². The van der Waals surface area contributed by atoms with Crippen molar-refractivity contribution in [3.05, 3.63) is 84.0 Å². The van der Waals surface area contributed by atoms with Crippen LogP contribution < -0.4 is 0 Å². The van der Waals surface area contributed by atoms with Crippen molar-refractivity contribution in [3.63, 3.8) is 0 Å². The van der Waals surface area contributed by atoms with E-state index in [1.54, 1.807) is 0 Å². The summed E-state index contributed by atoms with van der Waals surface area (Å²) in [6.07, 6.45) is 0. The van der Waals surface area contributed by atoms with Gasteiger partial charge in [-0.3, -0.25) is 0 Å². The van der Waals surface area contributed by atoms with Crippen LogP contribution in [0.2, 0.25) is 0 Å². The molecular formula is C8H32N4Ti4. The molecule has 0 heterocycles. The average molecular weight is 376 g/mol. The molecule has 0 bridgehead atoms. The molecule has 0 atom stereocenters. The molecule has 16 heavy (non-hydrogen) atoms. The van der Waals surface area contributed by atoms with E-state index in [4.69, 9.17) is 0 Å². The van der Waals surface area contributed by atoms with E-state index in [1.807, 2.05) is 0 Å². The molecule has 100 valence electrons. The Bertz CT molecular complexity index is 24.0. The van der Waals surface area contributed by atoms with E-state index in [-0.39, 0.29) is 171 Å². The zero-order valence-electron chi connectivity index (χ0n) is 12.3. The summed E-state index contributed by atoms with van der Waals surface area (Å²) in [5, 5.41) is 0. The van der Waals surface area contributed by atoms with Crippen molar-refractivity contribution in [2.45, 2.75) is 0 Å². The van der Waals surface area contributed by atoms with Crippen molar-refractivity contribution in [3.8, 4) is 0 Å². The molecule has 0 saturated heterocycles. The van der Waals surface area contributed by atoms with Crippen LogP contribution in [0.5, 0.6) is 0 Å². The Labute approximate surface area is 169 Å². The van der Waals surface area contributed by atoms with Crippen molar-refractivity contribution in [1.29, 1.82) is 0 Å². The molecule has 0 aliphatic carbocycles. The maximum Gasteiger partial charge on any atom is 3.00 e. The van der Waals surface area contributed by atoms with Crippen molar-refractivity contribution in [2.24, 2.45) is 0 Å². The van der Waals surface area contributed by atoms with E-state index in [1.165, 1.54) is 0 Å². The third kappa shape index (κ3) is 566. The van der Waals surface area contributed by atoms with E-state index in [0.717, 1.165) is 0 Å². The van der Waals surface area contributed by atoms with Gasteiger partial charge in [0.1, 0.15) is 0 Å². The Hall–Kier alpha value is 2.70. The van der Waals surface area contributed by atoms with Crippen LogP contribution in [0, 0.1) is 59.4 Å². The fourth-order valence-electron chi connectivity index (χ4n) is 0. The second-order valence-corrected chi connectivity index (χ2v) is 0. The Balaban J connectivity index is 0. The zero-order chi connectivity index (χ0) is 0. The van der Waals surface area contributed by atoms with Gasteiger partial charge >= 0.3 is 86.9 Å². The standard InChI is InChI=1S/8CH3.4H2N.4Ti/h8*1H3;4*1H2;;;;/q12*-1;4*+3. The minimum absolute atomic E-state index is 0. The first-order valence-electron chi connectivity index (χ1n) is 0. The summed E-state index contributed by atoms with van der Waals surface area (Å²) in [6, 6.07) is 0. The quantitative estimate of drug-likeness (QED) is 0.339. The second-order valence-electron chi connectivity index (χ2n) is 0. The minimum atomic E-state index is 0. The fourth-order valence-corrected chi connectivity index (χ4v) is 0. The number of rotatable bonds is 0. The Kier molecular flexibility index (Phi) is 34100. The van der Waals surface area contributed by atoms with Gasteiger partial charge in [0.15, 0.2) is 0 Å². The molecule has 4 radical (unpaired) electrons. The molecule has 0 fully saturated rings. The molecule has 8 N–H and O–H groups in total. The van der Waals surface area contributed by atoms with Gasteiger partial charge in [-0.25, -0.2) is 0 Å². The largest absolute Gasteiger partial charge is 3.00 e. The van der Waals surface area contributed by atoms with Crippen molar-refractivity contribution in [1.82, 2.24) is 0 Å². The Morgan fingerprint density at radius 2 is 0.188 bits per heavy atom. The first kappa shape index (κ1) is 805. The summed E-state index contributed by atoms with van der Waals surface area (Å²) in [7, 11) is 0. The van der Waals surface area contributed by atoms with Crippen LogP contribution in [0.1, 0.15) is 0 Å². The predicted octanol–water partition coefficient (Wildman–Crippen LogP) is 6.46. The predicted molar refractivity (Wildman–Crippen MR) is 72.4 cm³/mol. The maximum absolute atomic E-state index is 0. The van der Waals surface area contributed by atoms with Crippen LogP contribution in [0.3, 0.4) is 0 Å². The molecule has 0 aliphatic rings. The van der Waals surface area contributed by atoms with Crippen molar-refractivity contribution in [2.75, 3.05) is 0 Å². The van der Waals surface area contributed by atoms with E-state index in [2.05, 4.69) is 0 Å². The van der Waals surface area contributed by atoms with Gasteiger partial charge in [0.05, 0.1) is 0 Å². The van der Waals surface area contributed by atoms with E-state index < -0.39 is 0 Å². The van der Waals surface area contributed by atoms with Crippen LogP contribution in [0.4, 0.5) is 0 Å². The molecule has 0 aromatic carbocycles. The molecular weight excluding hydrogens is 344 g/mol. The van der Waals surface area contributed by atoms with E-state index in [0.29, 0.717) is 0 Å². The summed E-state index contributed by atoms with van der Waals surface area (Å²) in [5.74, 6) is 0. The molecule has 0 aromatic rings. The van der Waals surface area contributed by atoms with Crippen molar-refractivity contribution >= 4 is 0 Å². The molecule has 0 rings (SSSR count). The van der Waals surface area contributed by atoms with Crippen LogP contribution in [-0.2, 0) is 86.9 Å². The minimum Gasteiger partial charge on any atom is -0.693 e. The molecule has 0 aromatic heterocycles. The van der Waals surface area contributed by atoms with E-state index >= 15 is 0 Å². The molecule has 0 spiro atoms. The summed E-state index contributed by atoms with van der Waals surface area (Å²) in [4.78, 5) is 0. The first-order chi connectivity index (χ1) is 0. The third-order valence-corrected chi connectivity index (χ3v) is 0. The number of hydrogen-bond donors (Lipinski definition) is 0. The molecule has 0 aliphatic heterocycles. The van der Waals surface area contributed by atoms with Crippen LogP contribution >= 0.6 is 0 Å². The average Bonchev–Trinajstić information content (AvgIpc) is 0. The topological polar surface area (TPSA) is 134 Å². The Morgan fingerprint density at radius 1 is 0.188 bits per heavy atom. The van der Waals surface area contributed by atoms with Gasteiger partial charge in [0.25, 0.3) is 0 Å². The molecule has 0 unspecified atom stereocenters. The second kappa shape index (κ2) is 678. The smallest absolute Gasteiger partial charge is 0.693 e. The zero-order valence-corrected chi connectivity index (χ0v) is 18.6. The maximum atomic E-state index is 0. The monoisotopic (exact) mass is 376 g/mol. The van der Waals surface area contributed by atoms with Gasteiger partial charge in [-0.1, -0.05) is 0 Å². The van der Waals surface area contributed by atoms with Gasteiger partial charge in [-0.2, -0.15) is 0 Å². The first-order valence-corrected chi connectivity index (χ1v) is 0. The van der Waals surface area contributed by atoms with Crippen LogP contribution in [-0.4, -0.2) is 0 Å².